The minimum absolute atomic E-state index is 0.407. The van der Waals surface area contributed by atoms with Crippen molar-refractivity contribution in [1.82, 2.24) is 0 Å². The lowest BCUT2D eigenvalue weighted by Crippen LogP contribution is -2.60. The Labute approximate surface area is 201 Å². The second-order valence-electron chi connectivity index (χ2n) is 8.22. The molecule has 5 atom stereocenters. The molecule has 1 saturated heterocycles. The minimum atomic E-state index is -0.621. The maximum atomic E-state index is 6.48. The summed E-state index contributed by atoms with van der Waals surface area (Å²) in [6.07, 6.45) is -0.641. The molecule has 0 aliphatic carbocycles. The van der Waals surface area contributed by atoms with Gasteiger partial charge in [0.25, 0.3) is 0 Å². The van der Waals surface area contributed by atoms with Crippen molar-refractivity contribution in [2.45, 2.75) is 50.5 Å². The molecule has 5 nitrogen and oxygen atoms in total. The fourth-order valence-corrected chi connectivity index (χ4v) is 4.07. The summed E-state index contributed by atoms with van der Waals surface area (Å²) in [4.78, 5) is 0. The van der Waals surface area contributed by atoms with Crippen molar-refractivity contribution >= 4 is 0 Å². The molecule has 1 aliphatic heterocycles. The maximum Gasteiger partial charge on any atom is 0.186 e. The van der Waals surface area contributed by atoms with Crippen LogP contribution in [-0.4, -0.2) is 37.8 Å². The van der Waals surface area contributed by atoms with E-state index >= 15 is 0 Å². The van der Waals surface area contributed by atoms with Crippen molar-refractivity contribution < 1.29 is 23.7 Å². The topological polar surface area (TPSA) is 46.2 Å². The summed E-state index contributed by atoms with van der Waals surface area (Å²) in [7, 11) is 1.61. The van der Waals surface area contributed by atoms with E-state index in [1.54, 1.807) is 13.2 Å². The lowest BCUT2D eigenvalue weighted by Gasteiger charge is -2.44. The second kappa shape index (κ2) is 12.6. The third-order valence-electron chi connectivity index (χ3n) is 5.85. The molecule has 0 bridgehead atoms. The van der Waals surface area contributed by atoms with Crippen LogP contribution in [0, 0.1) is 0 Å². The zero-order chi connectivity index (χ0) is 23.6. The van der Waals surface area contributed by atoms with Gasteiger partial charge in [-0.1, -0.05) is 97.1 Å². The normalized spacial score (nSPS) is 24.6. The Morgan fingerprint density at radius 1 is 0.647 bits per heavy atom. The van der Waals surface area contributed by atoms with Crippen molar-refractivity contribution in [3.05, 3.63) is 120 Å². The predicted molar refractivity (Wildman–Crippen MR) is 131 cm³/mol. The molecule has 3 aromatic carbocycles. The molecule has 1 fully saturated rings. The predicted octanol–water partition coefficient (Wildman–Crippen LogP) is 5.30. The lowest BCUT2D eigenvalue weighted by atomic mass is 9.97. The van der Waals surface area contributed by atoms with E-state index in [9.17, 15) is 0 Å². The van der Waals surface area contributed by atoms with Crippen molar-refractivity contribution in [3.63, 3.8) is 0 Å². The highest BCUT2D eigenvalue weighted by molar-refractivity contribution is 5.16. The Kier molecular flexibility index (Phi) is 9.02. The van der Waals surface area contributed by atoms with Gasteiger partial charge < -0.3 is 23.7 Å². The second-order valence-corrected chi connectivity index (χ2v) is 8.22. The fraction of sp³-hybridized carbons (Fsp3) is 0.310. The van der Waals surface area contributed by atoms with Crippen molar-refractivity contribution in [2.75, 3.05) is 7.11 Å². The van der Waals surface area contributed by atoms with Gasteiger partial charge in [-0.15, -0.1) is 6.58 Å². The molecule has 3 aromatic rings. The first-order chi connectivity index (χ1) is 16.8. The molecule has 3 unspecified atom stereocenters. The number of rotatable bonds is 11. The van der Waals surface area contributed by atoms with Gasteiger partial charge in [-0.05, 0) is 16.7 Å². The van der Waals surface area contributed by atoms with Gasteiger partial charge >= 0.3 is 0 Å². The maximum absolute atomic E-state index is 6.48. The van der Waals surface area contributed by atoms with Gasteiger partial charge in [-0.25, -0.2) is 0 Å². The largest absolute Gasteiger partial charge is 0.368 e. The highest BCUT2D eigenvalue weighted by Crippen LogP contribution is 2.31. The smallest absolute Gasteiger partial charge is 0.186 e. The molecule has 0 N–H and O–H groups in total. The zero-order valence-corrected chi connectivity index (χ0v) is 19.5. The third kappa shape index (κ3) is 6.41. The molecular weight excluding hydrogens is 428 g/mol. The Morgan fingerprint density at radius 2 is 1.06 bits per heavy atom. The Morgan fingerprint density at radius 3 is 1.47 bits per heavy atom. The minimum Gasteiger partial charge on any atom is -0.368 e. The van der Waals surface area contributed by atoms with Crippen molar-refractivity contribution in [1.29, 1.82) is 0 Å². The summed E-state index contributed by atoms with van der Waals surface area (Å²) in [5.41, 5.74) is 3.20. The molecule has 0 amide bonds. The van der Waals surface area contributed by atoms with Gasteiger partial charge in [-0.2, -0.15) is 0 Å². The molecule has 34 heavy (non-hydrogen) atoms. The molecular formula is C29H32O5. The van der Waals surface area contributed by atoms with E-state index < -0.39 is 30.7 Å². The van der Waals surface area contributed by atoms with Crippen LogP contribution in [0.3, 0.4) is 0 Å². The summed E-state index contributed by atoms with van der Waals surface area (Å²) >= 11 is 0. The van der Waals surface area contributed by atoms with Gasteiger partial charge in [0.05, 0.1) is 19.8 Å². The Hall–Kier alpha value is -2.80. The van der Waals surface area contributed by atoms with Gasteiger partial charge in [0.15, 0.2) is 6.29 Å². The van der Waals surface area contributed by atoms with Gasteiger partial charge in [0.2, 0.25) is 0 Å². The highest BCUT2D eigenvalue weighted by Gasteiger charge is 2.47. The first-order valence-corrected chi connectivity index (χ1v) is 11.6. The monoisotopic (exact) mass is 460 g/mol. The molecule has 178 valence electrons. The Bertz CT molecular complexity index is 979. The van der Waals surface area contributed by atoms with Gasteiger partial charge in [0.1, 0.15) is 24.4 Å². The summed E-state index contributed by atoms with van der Waals surface area (Å²) in [5, 5.41) is 0. The third-order valence-corrected chi connectivity index (χ3v) is 5.85. The van der Waals surface area contributed by atoms with Gasteiger partial charge in [-0.3, -0.25) is 0 Å². The highest BCUT2D eigenvalue weighted by atomic mass is 16.7. The van der Waals surface area contributed by atoms with E-state index in [1.807, 2.05) is 91.0 Å². The van der Waals surface area contributed by atoms with Crippen LogP contribution in [0.2, 0.25) is 0 Å². The van der Waals surface area contributed by atoms with Gasteiger partial charge in [0, 0.05) is 7.11 Å². The molecule has 5 heteroatoms. The Balaban J connectivity index is 1.57. The summed E-state index contributed by atoms with van der Waals surface area (Å²) < 4.78 is 31.1. The van der Waals surface area contributed by atoms with Crippen LogP contribution in [0.15, 0.2) is 104 Å². The van der Waals surface area contributed by atoms with Crippen LogP contribution in [0.4, 0.5) is 0 Å². The number of methoxy groups -OCH3 is 1. The zero-order valence-electron chi connectivity index (χ0n) is 19.5. The van der Waals surface area contributed by atoms with E-state index in [2.05, 4.69) is 6.58 Å². The van der Waals surface area contributed by atoms with E-state index in [4.69, 9.17) is 23.7 Å². The SMILES string of the molecule is C=CC1O[C@H](OC)C(OCc2ccccc2)C(OCc2ccccc2)[C@@H]1OCc1ccccc1. The van der Waals surface area contributed by atoms with Crippen LogP contribution in [0.1, 0.15) is 16.7 Å². The van der Waals surface area contributed by atoms with Crippen LogP contribution in [0.5, 0.6) is 0 Å². The molecule has 1 heterocycles. The number of ether oxygens (including phenoxy) is 5. The van der Waals surface area contributed by atoms with E-state index in [1.165, 1.54) is 0 Å². The first kappa shape index (κ1) is 24.3. The van der Waals surface area contributed by atoms with Crippen LogP contribution < -0.4 is 0 Å². The number of hydrogen-bond donors (Lipinski definition) is 0. The average Bonchev–Trinajstić information content (AvgIpc) is 2.91. The number of benzene rings is 3. The molecule has 0 saturated carbocycles. The standard InChI is InChI=1S/C29H32O5/c1-3-25-26(31-19-22-13-7-4-8-14-22)27(32-20-23-15-9-5-10-16-23)28(29(30-2)34-25)33-21-24-17-11-6-12-18-24/h3-18,25-29H,1,19-21H2,2H3/t25?,26-,27?,28?,29+/m1/s1. The van der Waals surface area contributed by atoms with Crippen LogP contribution in [-0.2, 0) is 43.5 Å². The lowest BCUT2D eigenvalue weighted by molar-refractivity contribution is -0.309. The molecule has 1 aliphatic rings. The van der Waals surface area contributed by atoms with E-state index in [0.29, 0.717) is 19.8 Å². The van der Waals surface area contributed by atoms with Crippen molar-refractivity contribution in [3.8, 4) is 0 Å². The van der Waals surface area contributed by atoms with E-state index in [-0.39, 0.29) is 0 Å². The van der Waals surface area contributed by atoms with Crippen molar-refractivity contribution in [2.24, 2.45) is 0 Å². The molecule has 4 rings (SSSR count). The fourth-order valence-electron chi connectivity index (χ4n) is 4.07. The molecule has 0 spiro atoms. The average molecular weight is 461 g/mol. The van der Waals surface area contributed by atoms with E-state index in [0.717, 1.165) is 16.7 Å². The summed E-state index contributed by atoms with van der Waals surface area (Å²) in [5.74, 6) is 0. The van der Waals surface area contributed by atoms with Crippen LogP contribution in [0.25, 0.3) is 0 Å². The summed E-state index contributed by atoms with van der Waals surface area (Å²) in [6, 6.07) is 30.2. The first-order valence-electron chi connectivity index (χ1n) is 11.6. The molecule has 0 radical (unpaired) electrons. The quantitative estimate of drug-likeness (QED) is 0.364. The van der Waals surface area contributed by atoms with Crippen LogP contribution >= 0.6 is 0 Å². The summed E-state index contributed by atoms with van der Waals surface area (Å²) in [6.45, 7) is 5.22. The number of hydrogen-bond acceptors (Lipinski definition) is 5. The molecule has 0 aromatic heterocycles.